The van der Waals surface area contributed by atoms with Gasteiger partial charge in [0, 0.05) is 55.2 Å². The highest BCUT2D eigenvalue weighted by Crippen LogP contribution is 2.39. The molecule has 0 aliphatic heterocycles. The molecule has 12 aromatic rings. The topological polar surface area (TPSA) is 35.6 Å². The summed E-state index contributed by atoms with van der Waals surface area (Å²) in [6.07, 6.45) is 0. The second-order valence-corrected chi connectivity index (χ2v) is 16.2. The molecule has 3 aromatic heterocycles. The molecule has 12 rings (SSSR count). The maximum Gasteiger partial charge on any atom is 0.160 e. The van der Waals surface area contributed by atoms with Crippen LogP contribution in [0.15, 0.2) is 224 Å². The van der Waals surface area contributed by atoms with E-state index < -0.39 is 0 Å². The standard InChI is InChI=1S/C59H40N4/c1-39-57(42-15-5-2-6-16-42)60-59(61-58(39)43-17-7-3-8-18-43)44-27-25-40(26-28-44)46-31-35-51-49-21-11-13-23-53(49)63(56(51)38-46)48-33-29-41(30-34-48)45-32-36-55-52(37-45)50-22-12-14-24-54(50)62(55)47-19-9-4-10-20-47/h2-38H,1H3. The first-order chi connectivity index (χ1) is 31.2. The van der Waals surface area contributed by atoms with Gasteiger partial charge in [-0.05, 0) is 83.8 Å². The van der Waals surface area contributed by atoms with Gasteiger partial charge >= 0.3 is 0 Å². The van der Waals surface area contributed by atoms with Gasteiger partial charge in [0.2, 0.25) is 0 Å². The number of rotatable bonds is 7. The highest BCUT2D eigenvalue weighted by molar-refractivity contribution is 6.11. The molecular weight excluding hydrogens is 765 g/mol. The summed E-state index contributed by atoms with van der Waals surface area (Å²) in [5.74, 6) is 0.711. The van der Waals surface area contributed by atoms with Crippen molar-refractivity contribution in [2.45, 2.75) is 6.92 Å². The fourth-order valence-electron chi connectivity index (χ4n) is 9.45. The smallest absolute Gasteiger partial charge is 0.160 e. The maximum atomic E-state index is 5.16. The molecule has 0 N–H and O–H groups in total. The molecule has 0 aliphatic carbocycles. The van der Waals surface area contributed by atoms with E-state index in [-0.39, 0.29) is 0 Å². The zero-order valence-corrected chi connectivity index (χ0v) is 34.7. The summed E-state index contributed by atoms with van der Waals surface area (Å²) in [5.41, 5.74) is 17.8. The van der Waals surface area contributed by atoms with Gasteiger partial charge in [0.05, 0.1) is 33.5 Å². The Morgan fingerprint density at radius 3 is 1.32 bits per heavy atom. The van der Waals surface area contributed by atoms with E-state index in [0.29, 0.717) is 5.82 Å². The van der Waals surface area contributed by atoms with Gasteiger partial charge in [0.25, 0.3) is 0 Å². The Balaban J connectivity index is 0.913. The van der Waals surface area contributed by atoms with Gasteiger partial charge in [-0.2, -0.15) is 0 Å². The molecule has 0 saturated heterocycles. The molecule has 296 valence electrons. The molecule has 0 bridgehead atoms. The normalized spacial score (nSPS) is 11.6. The summed E-state index contributed by atoms with van der Waals surface area (Å²) < 4.78 is 4.77. The number of hydrogen-bond donors (Lipinski definition) is 0. The van der Waals surface area contributed by atoms with E-state index in [1.807, 2.05) is 12.1 Å². The molecule has 0 atom stereocenters. The summed E-state index contributed by atoms with van der Waals surface area (Å²) in [6, 6.07) is 80.3. The van der Waals surface area contributed by atoms with Crippen molar-refractivity contribution < 1.29 is 0 Å². The van der Waals surface area contributed by atoms with Crippen LogP contribution in [0.3, 0.4) is 0 Å². The van der Waals surface area contributed by atoms with Crippen molar-refractivity contribution in [2.75, 3.05) is 0 Å². The molecule has 63 heavy (non-hydrogen) atoms. The van der Waals surface area contributed by atoms with Crippen LogP contribution in [-0.4, -0.2) is 19.1 Å². The van der Waals surface area contributed by atoms with E-state index in [0.717, 1.165) is 50.5 Å². The molecule has 0 radical (unpaired) electrons. The Kier molecular flexibility index (Phi) is 8.68. The van der Waals surface area contributed by atoms with Gasteiger partial charge in [-0.3, -0.25) is 0 Å². The first kappa shape index (κ1) is 36.5. The number of nitrogens with zero attached hydrogens (tertiary/aromatic N) is 4. The van der Waals surface area contributed by atoms with Crippen molar-refractivity contribution in [1.29, 1.82) is 0 Å². The van der Waals surface area contributed by atoms with Gasteiger partial charge in [-0.15, -0.1) is 0 Å². The van der Waals surface area contributed by atoms with Crippen molar-refractivity contribution in [3.63, 3.8) is 0 Å². The lowest BCUT2D eigenvalue weighted by molar-refractivity contribution is 1.15. The summed E-state index contributed by atoms with van der Waals surface area (Å²) in [4.78, 5) is 10.3. The predicted octanol–water partition coefficient (Wildman–Crippen LogP) is 15.3. The third-order valence-electron chi connectivity index (χ3n) is 12.5. The van der Waals surface area contributed by atoms with Crippen molar-refractivity contribution in [1.82, 2.24) is 19.1 Å². The van der Waals surface area contributed by atoms with Crippen LogP contribution in [0, 0.1) is 6.92 Å². The van der Waals surface area contributed by atoms with E-state index in [4.69, 9.17) is 9.97 Å². The number of para-hydroxylation sites is 3. The van der Waals surface area contributed by atoms with E-state index in [9.17, 15) is 0 Å². The Hall–Kier alpha value is -8.34. The van der Waals surface area contributed by atoms with Crippen LogP contribution < -0.4 is 0 Å². The quantitative estimate of drug-likeness (QED) is 0.161. The van der Waals surface area contributed by atoms with Crippen LogP contribution in [0.2, 0.25) is 0 Å². The number of benzene rings is 9. The zero-order chi connectivity index (χ0) is 41.9. The van der Waals surface area contributed by atoms with E-state index in [1.165, 1.54) is 60.4 Å². The molecule has 0 aliphatic rings. The van der Waals surface area contributed by atoms with E-state index in [1.54, 1.807) is 0 Å². The number of fused-ring (bicyclic) bond motifs is 6. The summed E-state index contributed by atoms with van der Waals surface area (Å²) >= 11 is 0. The fourth-order valence-corrected chi connectivity index (χ4v) is 9.45. The minimum atomic E-state index is 0.711. The molecule has 9 aromatic carbocycles. The van der Waals surface area contributed by atoms with Gasteiger partial charge in [0.15, 0.2) is 5.82 Å². The molecule has 3 heterocycles. The molecule has 4 nitrogen and oxygen atoms in total. The first-order valence-electron chi connectivity index (χ1n) is 21.5. The van der Waals surface area contributed by atoms with Gasteiger partial charge in [0.1, 0.15) is 0 Å². The Labute approximate surface area is 365 Å². The molecule has 0 saturated carbocycles. The molecule has 0 fully saturated rings. The average Bonchev–Trinajstić information content (AvgIpc) is 3.87. The summed E-state index contributed by atoms with van der Waals surface area (Å²) in [6.45, 7) is 2.12. The molecule has 0 amide bonds. The first-order valence-corrected chi connectivity index (χ1v) is 21.5. The Morgan fingerprint density at radius 1 is 0.286 bits per heavy atom. The lowest BCUT2D eigenvalue weighted by Crippen LogP contribution is -2.00. The van der Waals surface area contributed by atoms with Crippen LogP contribution in [0.25, 0.3) is 111 Å². The van der Waals surface area contributed by atoms with Crippen molar-refractivity contribution in [3.8, 4) is 67.5 Å². The van der Waals surface area contributed by atoms with E-state index >= 15 is 0 Å². The Morgan fingerprint density at radius 2 is 0.698 bits per heavy atom. The van der Waals surface area contributed by atoms with E-state index in [2.05, 4.69) is 228 Å². The van der Waals surface area contributed by atoms with Crippen LogP contribution in [-0.2, 0) is 0 Å². The average molecular weight is 805 g/mol. The highest BCUT2D eigenvalue weighted by atomic mass is 15.0. The van der Waals surface area contributed by atoms with Gasteiger partial charge in [-0.25, -0.2) is 9.97 Å². The molecule has 0 unspecified atom stereocenters. The lowest BCUT2D eigenvalue weighted by Gasteiger charge is -2.14. The zero-order valence-electron chi connectivity index (χ0n) is 34.7. The maximum absolute atomic E-state index is 5.16. The third-order valence-corrected chi connectivity index (χ3v) is 12.5. The fraction of sp³-hybridized carbons (Fsp3) is 0.0169. The third kappa shape index (κ3) is 6.23. The molecule has 0 spiro atoms. The summed E-state index contributed by atoms with van der Waals surface area (Å²) in [5, 5.41) is 4.96. The van der Waals surface area contributed by atoms with Gasteiger partial charge < -0.3 is 9.13 Å². The van der Waals surface area contributed by atoms with Crippen molar-refractivity contribution >= 4 is 43.6 Å². The monoisotopic (exact) mass is 804 g/mol. The second-order valence-electron chi connectivity index (χ2n) is 16.2. The number of hydrogen-bond acceptors (Lipinski definition) is 2. The number of aromatic nitrogens is 4. The van der Waals surface area contributed by atoms with Crippen LogP contribution >= 0.6 is 0 Å². The van der Waals surface area contributed by atoms with Crippen molar-refractivity contribution in [3.05, 3.63) is 230 Å². The van der Waals surface area contributed by atoms with Crippen molar-refractivity contribution in [2.24, 2.45) is 0 Å². The highest BCUT2D eigenvalue weighted by Gasteiger charge is 2.18. The van der Waals surface area contributed by atoms with Crippen LogP contribution in [0.4, 0.5) is 0 Å². The van der Waals surface area contributed by atoms with Crippen LogP contribution in [0.1, 0.15) is 5.56 Å². The molecular formula is C59H40N4. The lowest BCUT2D eigenvalue weighted by atomic mass is 9.99. The van der Waals surface area contributed by atoms with Crippen LogP contribution in [0.5, 0.6) is 0 Å². The largest absolute Gasteiger partial charge is 0.309 e. The minimum absolute atomic E-state index is 0.711. The SMILES string of the molecule is Cc1c(-c2ccccc2)nc(-c2ccc(-c3ccc4c5ccccc5n(-c5ccc(-c6ccc7c(c6)c6ccccc6n7-c6ccccc6)cc5)c4c3)cc2)nc1-c1ccccc1. The minimum Gasteiger partial charge on any atom is -0.309 e. The van der Waals surface area contributed by atoms with Gasteiger partial charge in [-0.1, -0.05) is 170 Å². The summed E-state index contributed by atoms with van der Waals surface area (Å²) in [7, 11) is 0. The molecule has 4 heteroatoms. The second kappa shape index (κ2) is 15.0. The predicted molar refractivity (Wildman–Crippen MR) is 263 cm³/mol. The Bertz CT molecular complexity index is 3580.